The average Bonchev–Trinajstić information content (AvgIpc) is 3.34. The molecule has 0 spiro atoms. The van der Waals surface area contributed by atoms with Crippen LogP contribution in [0.25, 0.3) is 0 Å². The molecule has 2 aromatic rings. The predicted molar refractivity (Wildman–Crippen MR) is 90.3 cm³/mol. The van der Waals surface area contributed by atoms with Crippen LogP contribution in [0.1, 0.15) is 40.5 Å². The molecule has 1 fully saturated rings. The van der Waals surface area contributed by atoms with Gasteiger partial charge >= 0.3 is 0 Å². The Hall–Kier alpha value is -2.14. The summed E-state index contributed by atoms with van der Waals surface area (Å²) in [7, 11) is 1.92. The first kappa shape index (κ1) is 15.7. The lowest BCUT2D eigenvalue weighted by molar-refractivity contribution is 0.0755. The lowest BCUT2D eigenvalue weighted by Crippen LogP contribution is -2.37. The van der Waals surface area contributed by atoms with Crippen LogP contribution >= 0.6 is 0 Å². The highest BCUT2D eigenvalue weighted by molar-refractivity contribution is 5.92. The molecule has 0 aliphatic heterocycles. The molecule has 0 unspecified atom stereocenters. The Morgan fingerprint density at radius 1 is 1.30 bits per heavy atom. The van der Waals surface area contributed by atoms with Gasteiger partial charge in [0, 0.05) is 38.3 Å². The van der Waals surface area contributed by atoms with E-state index in [4.69, 9.17) is 5.73 Å². The van der Waals surface area contributed by atoms with Crippen molar-refractivity contribution < 1.29 is 4.79 Å². The lowest BCUT2D eigenvalue weighted by atomic mass is 10.1. The zero-order chi connectivity index (χ0) is 16.2. The fourth-order valence-electron chi connectivity index (χ4n) is 2.89. The SMILES string of the molecule is Cn1nc(C(=O)N(CCN)CCc2ccccc2)cc1C1CC1. The smallest absolute Gasteiger partial charge is 0.274 e. The number of aromatic nitrogens is 2. The van der Waals surface area contributed by atoms with E-state index in [0.717, 1.165) is 6.42 Å². The molecule has 1 aromatic heterocycles. The third kappa shape index (κ3) is 3.79. The van der Waals surface area contributed by atoms with E-state index in [1.807, 2.05) is 40.9 Å². The van der Waals surface area contributed by atoms with Crippen molar-refractivity contribution >= 4 is 5.91 Å². The third-order valence-corrected chi connectivity index (χ3v) is 4.33. The molecule has 1 aliphatic rings. The largest absolute Gasteiger partial charge is 0.336 e. The van der Waals surface area contributed by atoms with Crippen molar-refractivity contribution in [1.82, 2.24) is 14.7 Å². The minimum atomic E-state index is -0.0196. The van der Waals surface area contributed by atoms with Gasteiger partial charge in [0.05, 0.1) is 0 Å². The van der Waals surface area contributed by atoms with Gasteiger partial charge in [-0.3, -0.25) is 9.48 Å². The van der Waals surface area contributed by atoms with Crippen LogP contribution in [0.15, 0.2) is 36.4 Å². The number of nitrogens with two attached hydrogens (primary N) is 1. The van der Waals surface area contributed by atoms with E-state index in [-0.39, 0.29) is 5.91 Å². The van der Waals surface area contributed by atoms with E-state index in [9.17, 15) is 4.79 Å². The van der Waals surface area contributed by atoms with Gasteiger partial charge in [-0.25, -0.2) is 0 Å². The zero-order valence-corrected chi connectivity index (χ0v) is 13.6. The van der Waals surface area contributed by atoms with Crippen molar-refractivity contribution in [1.29, 1.82) is 0 Å². The molecule has 0 atom stereocenters. The highest BCUT2D eigenvalue weighted by atomic mass is 16.2. The van der Waals surface area contributed by atoms with Gasteiger partial charge in [-0.1, -0.05) is 30.3 Å². The number of rotatable bonds is 7. The Morgan fingerprint density at radius 3 is 2.70 bits per heavy atom. The topological polar surface area (TPSA) is 64.2 Å². The molecule has 5 nitrogen and oxygen atoms in total. The number of hydrogen-bond acceptors (Lipinski definition) is 3. The molecule has 0 saturated heterocycles. The highest BCUT2D eigenvalue weighted by Gasteiger charge is 2.29. The molecule has 2 N–H and O–H groups in total. The molecular weight excluding hydrogens is 288 g/mol. The quantitative estimate of drug-likeness (QED) is 0.850. The number of benzene rings is 1. The van der Waals surface area contributed by atoms with Gasteiger partial charge in [0.2, 0.25) is 0 Å². The maximum Gasteiger partial charge on any atom is 0.274 e. The van der Waals surface area contributed by atoms with Crippen LogP contribution in [0.4, 0.5) is 0 Å². The van der Waals surface area contributed by atoms with Gasteiger partial charge in [-0.2, -0.15) is 5.10 Å². The van der Waals surface area contributed by atoms with Gasteiger partial charge in [-0.05, 0) is 30.9 Å². The van der Waals surface area contributed by atoms with Crippen molar-refractivity contribution in [3.05, 3.63) is 53.3 Å². The summed E-state index contributed by atoms with van der Waals surface area (Å²) in [6.45, 7) is 1.68. The third-order valence-electron chi connectivity index (χ3n) is 4.33. The van der Waals surface area contributed by atoms with Crippen molar-refractivity contribution in [2.24, 2.45) is 12.8 Å². The van der Waals surface area contributed by atoms with Crippen molar-refractivity contribution in [3.8, 4) is 0 Å². The van der Waals surface area contributed by atoms with Crippen LogP contribution in [-0.4, -0.2) is 40.2 Å². The van der Waals surface area contributed by atoms with E-state index >= 15 is 0 Å². The zero-order valence-electron chi connectivity index (χ0n) is 13.6. The Bertz CT molecular complexity index is 661. The maximum absolute atomic E-state index is 12.8. The molecule has 122 valence electrons. The number of amides is 1. The lowest BCUT2D eigenvalue weighted by Gasteiger charge is -2.21. The second-order valence-corrected chi connectivity index (χ2v) is 6.17. The summed E-state index contributed by atoms with van der Waals surface area (Å²) in [5, 5.41) is 4.41. The number of carbonyl (C=O) groups excluding carboxylic acids is 1. The van der Waals surface area contributed by atoms with E-state index in [1.165, 1.54) is 24.1 Å². The monoisotopic (exact) mass is 312 g/mol. The molecular formula is C18H24N4O. The number of aryl methyl sites for hydroxylation is 1. The van der Waals surface area contributed by atoms with Gasteiger partial charge in [0.25, 0.3) is 5.91 Å². The van der Waals surface area contributed by atoms with Gasteiger partial charge in [0.1, 0.15) is 0 Å². The second kappa shape index (κ2) is 6.96. The van der Waals surface area contributed by atoms with Crippen LogP contribution in [-0.2, 0) is 13.5 Å². The number of nitrogens with zero attached hydrogens (tertiary/aromatic N) is 3. The summed E-state index contributed by atoms with van der Waals surface area (Å²) in [4.78, 5) is 14.6. The van der Waals surface area contributed by atoms with Gasteiger partial charge < -0.3 is 10.6 Å². The summed E-state index contributed by atoms with van der Waals surface area (Å²) in [6.07, 6.45) is 3.23. The van der Waals surface area contributed by atoms with Gasteiger partial charge in [-0.15, -0.1) is 0 Å². The molecule has 1 heterocycles. The Balaban J connectivity index is 1.69. The van der Waals surface area contributed by atoms with E-state index < -0.39 is 0 Å². The van der Waals surface area contributed by atoms with E-state index in [1.54, 1.807) is 0 Å². The minimum Gasteiger partial charge on any atom is -0.336 e. The van der Waals surface area contributed by atoms with E-state index in [2.05, 4.69) is 17.2 Å². The summed E-state index contributed by atoms with van der Waals surface area (Å²) in [5.74, 6) is 0.565. The van der Waals surface area contributed by atoms with Crippen LogP contribution in [0, 0.1) is 0 Å². The molecule has 0 bridgehead atoms. The first-order chi connectivity index (χ1) is 11.2. The van der Waals surface area contributed by atoms with E-state index in [0.29, 0.717) is 31.2 Å². The maximum atomic E-state index is 12.8. The van der Waals surface area contributed by atoms with Crippen LogP contribution < -0.4 is 5.73 Å². The van der Waals surface area contributed by atoms with Crippen molar-refractivity contribution in [2.75, 3.05) is 19.6 Å². The average molecular weight is 312 g/mol. The number of carbonyl (C=O) groups is 1. The molecule has 1 saturated carbocycles. The summed E-state index contributed by atoms with van der Waals surface area (Å²) in [5.41, 5.74) is 8.62. The van der Waals surface area contributed by atoms with Crippen molar-refractivity contribution in [3.63, 3.8) is 0 Å². The first-order valence-corrected chi connectivity index (χ1v) is 8.26. The Morgan fingerprint density at radius 2 is 2.04 bits per heavy atom. The fourth-order valence-corrected chi connectivity index (χ4v) is 2.89. The molecule has 1 aromatic carbocycles. The fraction of sp³-hybridized carbons (Fsp3) is 0.444. The molecule has 1 aliphatic carbocycles. The normalized spacial score (nSPS) is 14.0. The predicted octanol–water partition coefficient (Wildman–Crippen LogP) is 1.94. The molecule has 23 heavy (non-hydrogen) atoms. The van der Waals surface area contributed by atoms with Gasteiger partial charge in [0.15, 0.2) is 5.69 Å². The Labute approximate surface area is 137 Å². The molecule has 1 amide bonds. The highest BCUT2D eigenvalue weighted by Crippen LogP contribution is 2.40. The van der Waals surface area contributed by atoms with Crippen molar-refractivity contribution in [2.45, 2.75) is 25.2 Å². The molecule has 5 heteroatoms. The minimum absolute atomic E-state index is 0.0196. The summed E-state index contributed by atoms with van der Waals surface area (Å²) >= 11 is 0. The van der Waals surface area contributed by atoms with Crippen LogP contribution in [0.5, 0.6) is 0 Å². The summed E-state index contributed by atoms with van der Waals surface area (Å²) in [6, 6.07) is 12.1. The standard InChI is InChI=1S/C18H24N4O/c1-21-17(15-7-8-15)13-16(20-21)18(23)22(12-10-19)11-9-14-5-3-2-4-6-14/h2-6,13,15H,7-12,19H2,1H3. The first-order valence-electron chi connectivity index (χ1n) is 8.26. The van der Waals surface area contributed by atoms with Crippen LogP contribution in [0.3, 0.4) is 0 Å². The molecule has 3 rings (SSSR count). The molecule has 0 radical (unpaired) electrons. The summed E-state index contributed by atoms with van der Waals surface area (Å²) < 4.78 is 1.85. The number of hydrogen-bond donors (Lipinski definition) is 1. The van der Waals surface area contributed by atoms with Crippen LogP contribution in [0.2, 0.25) is 0 Å². The Kier molecular flexibility index (Phi) is 4.76. The second-order valence-electron chi connectivity index (χ2n) is 6.17.